The average molecular weight is 591 g/mol. The molecule has 0 saturated carbocycles. The fourth-order valence-electron chi connectivity index (χ4n) is 6.06. The van der Waals surface area contributed by atoms with E-state index in [1.165, 1.54) is 39.2 Å². The third kappa shape index (κ3) is 9.13. The zero-order valence-electron chi connectivity index (χ0n) is 25.9. The van der Waals surface area contributed by atoms with Crippen molar-refractivity contribution < 1.29 is 38.0 Å². The quantitative estimate of drug-likeness (QED) is 0.224. The summed E-state index contributed by atoms with van der Waals surface area (Å²) in [5.41, 5.74) is 1.34. The van der Waals surface area contributed by atoms with Gasteiger partial charge in [-0.15, -0.1) is 0 Å². The third-order valence-corrected chi connectivity index (χ3v) is 8.13. The van der Waals surface area contributed by atoms with E-state index in [4.69, 9.17) is 28.4 Å². The first-order valence-electron chi connectivity index (χ1n) is 15.7. The van der Waals surface area contributed by atoms with E-state index in [9.17, 15) is 9.59 Å². The molecule has 3 saturated heterocycles. The highest BCUT2D eigenvalue weighted by Gasteiger charge is 2.66. The van der Waals surface area contributed by atoms with Gasteiger partial charge in [0.15, 0.2) is 18.0 Å². The van der Waals surface area contributed by atoms with E-state index < -0.39 is 36.0 Å². The summed E-state index contributed by atoms with van der Waals surface area (Å²) in [5.74, 6) is -2.40. The Bertz CT molecular complexity index is 995. The van der Waals surface area contributed by atoms with Gasteiger partial charge in [0.05, 0.1) is 13.5 Å². The Balaban J connectivity index is 1.44. The van der Waals surface area contributed by atoms with Crippen LogP contribution in [0.5, 0.6) is 0 Å². The molecule has 3 fully saturated rings. The molecule has 0 spiro atoms. The fourth-order valence-corrected chi connectivity index (χ4v) is 6.06. The second-order valence-corrected chi connectivity index (χ2v) is 12.1. The number of rotatable bonds is 14. The van der Waals surface area contributed by atoms with Crippen molar-refractivity contribution in [2.75, 3.05) is 45.3 Å². The minimum Gasteiger partial charge on any atom is -0.469 e. The Kier molecular flexibility index (Phi) is 12.0. The largest absolute Gasteiger partial charge is 0.469 e. The number of benzene rings is 1. The molecule has 3 aliphatic rings. The highest BCUT2D eigenvalue weighted by Crippen LogP contribution is 2.47. The molecular weight excluding hydrogens is 540 g/mol. The smallest absolute Gasteiger partial charge is 0.412 e. The molecular formula is C32H50N2O8. The molecule has 3 aliphatic heterocycles. The minimum absolute atomic E-state index is 0.163. The van der Waals surface area contributed by atoms with E-state index in [-0.39, 0.29) is 19.0 Å². The molecule has 0 radical (unpaired) electrons. The zero-order chi connectivity index (χ0) is 30.0. The summed E-state index contributed by atoms with van der Waals surface area (Å²) in [6.45, 7) is 9.29. The van der Waals surface area contributed by atoms with Gasteiger partial charge in [-0.05, 0) is 63.9 Å². The molecule has 1 aromatic carbocycles. The summed E-state index contributed by atoms with van der Waals surface area (Å²) >= 11 is 0. The van der Waals surface area contributed by atoms with Gasteiger partial charge in [-0.1, -0.05) is 57.6 Å². The Labute approximate surface area is 250 Å². The predicted molar refractivity (Wildman–Crippen MR) is 158 cm³/mol. The van der Waals surface area contributed by atoms with E-state index in [2.05, 4.69) is 17.1 Å². The van der Waals surface area contributed by atoms with Crippen LogP contribution in [0.4, 0.5) is 10.5 Å². The summed E-state index contributed by atoms with van der Waals surface area (Å²) in [4.78, 5) is 27.2. The zero-order valence-corrected chi connectivity index (χ0v) is 25.9. The first-order valence-corrected chi connectivity index (χ1v) is 15.7. The highest BCUT2D eigenvalue weighted by molar-refractivity contribution is 5.85. The van der Waals surface area contributed by atoms with Crippen molar-refractivity contribution in [2.45, 2.75) is 115 Å². The molecule has 0 bridgehead atoms. The molecule has 3 heterocycles. The van der Waals surface area contributed by atoms with Gasteiger partial charge in [-0.3, -0.25) is 10.1 Å². The van der Waals surface area contributed by atoms with Crippen LogP contribution >= 0.6 is 0 Å². The van der Waals surface area contributed by atoms with E-state index in [0.29, 0.717) is 18.8 Å². The monoisotopic (exact) mass is 590 g/mol. The molecule has 10 nitrogen and oxygen atoms in total. The van der Waals surface area contributed by atoms with Crippen molar-refractivity contribution in [2.24, 2.45) is 0 Å². The molecule has 4 rings (SSSR count). The van der Waals surface area contributed by atoms with Crippen molar-refractivity contribution in [3.05, 3.63) is 29.8 Å². The van der Waals surface area contributed by atoms with Crippen molar-refractivity contribution in [1.29, 1.82) is 0 Å². The number of nitrogens with one attached hydrogen (secondary N) is 1. The minimum atomic E-state index is -1.16. The van der Waals surface area contributed by atoms with Gasteiger partial charge in [-0.25, -0.2) is 4.79 Å². The predicted octanol–water partition coefficient (Wildman–Crippen LogP) is 5.43. The Hall–Kier alpha value is -2.24. The summed E-state index contributed by atoms with van der Waals surface area (Å²) in [6, 6.07) is 7.01. The molecule has 42 heavy (non-hydrogen) atoms. The van der Waals surface area contributed by atoms with Gasteiger partial charge in [0.2, 0.25) is 5.79 Å². The molecule has 1 N–H and O–H groups in total. The molecule has 236 valence electrons. The van der Waals surface area contributed by atoms with Gasteiger partial charge in [0.25, 0.3) is 0 Å². The second-order valence-electron chi connectivity index (χ2n) is 12.1. The van der Waals surface area contributed by atoms with Crippen LogP contribution in [0.3, 0.4) is 0 Å². The average Bonchev–Trinajstić information content (AvgIpc) is 3.20. The van der Waals surface area contributed by atoms with Crippen LogP contribution in [-0.4, -0.2) is 86.8 Å². The number of carbonyl (C=O) groups is 2. The number of likely N-dealkylation sites (tertiary alicyclic amines) is 1. The number of amides is 1. The number of nitrogens with zero attached hydrogens (tertiary/aromatic N) is 1. The van der Waals surface area contributed by atoms with Gasteiger partial charge in [0.1, 0.15) is 12.7 Å². The van der Waals surface area contributed by atoms with E-state index in [1.54, 1.807) is 24.3 Å². The van der Waals surface area contributed by atoms with Crippen molar-refractivity contribution >= 4 is 17.7 Å². The number of unbranched alkanes of at least 4 members (excludes halogenated alkanes) is 4. The summed E-state index contributed by atoms with van der Waals surface area (Å²) in [5, 5.41) is 2.81. The Morgan fingerprint density at radius 2 is 1.71 bits per heavy atom. The van der Waals surface area contributed by atoms with Gasteiger partial charge < -0.3 is 33.3 Å². The first kappa shape index (κ1) is 32.7. The topological polar surface area (TPSA) is 105 Å². The van der Waals surface area contributed by atoms with E-state index in [1.807, 2.05) is 13.8 Å². The lowest BCUT2D eigenvalue weighted by atomic mass is 10.0. The standard InChI is InChI=1S/C32H50N2O8/c1-5-6-7-10-13-20-38-23-32-29(41-31(2,3)42-32)28(26(40-32)22-34-18-11-8-9-12-19-34)39-30(36)33-25-16-14-24(15-17-25)21-27(35)37-4/h14-17,26,28-29H,5-13,18-23H2,1-4H3,(H,33,36)/t26-,28+,29-,32-/m1/s1. The van der Waals surface area contributed by atoms with Crippen LogP contribution in [-0.2, 0) is 39.6 Å². The lowest BCUT2D eigenvalue weighted by molar-refractivity contribution is -0.279. The van der Waals surface area contributed by atoms with E-state index >= 15 is 0 Å². The molecule has 0 aromatic heterocycles. The fraction of sp³-hybridized carbons (Fsp3) is 0.750. The number of fused-ring (bicyclic) bond motifs is 1. The molecule has 1 amide bonds. The summed E-state index contributed by atoms with van der Waals surface area (Å²) < 4.78 is 36.3. The van der Waals surface area contributed by atoms with Gasteiger partial charge >= 0.3 is 12.1 Å². The highest BCUT2D eigenvalue weighted by atomic mass is 16.9. The molecule has 1 aromatic rings. The number of hydrogen-bond acceptors (Lipinski definition) is 9. The summed E-state index contributed by atoms with van der Waals surface area (Å²) in [6.07, 6.45) is 8.25. The number of carbonyl (C=O) groups excluding carboxylic acids is 2. The van der Waals surface area contributed by atoms with Crippen molar-refractivity contribution in [1.82, 2.24) is 4.90 Å². The molecule has 10 heteroatoms. The molecule has 0 unspecified atom stereocenters. The number of hydrogen-bond donors (Lipinski definition) is 1. The van der Waals surface area contributed by atoms with Crippen LogP contribution in [0.15, 0.2) is 24.3 Å². The maximum atomic E-state index is 13.2. The first-order chi connectivity index (χ1) is 20.2. The van der Waals surface area contributed by atoms with Crippen molar-refractivity contribution in [3.63, 3.8) is 0 Å². The number of esters is 1. The Morgan fingerprint density at radius 3 is 2.40 bits per heavy atom. The lowest BCUT2D eigenvalue weighted by Gasteiger charge is -2.31. The van der Waals surface area contributed by atoms with Crippen LogP contribution in [0.25, 0.3) is 0 Å². The van der Waals surface area contributed by atoms with Crippen molar-refractivity contribution in [3.8, 4) is 0 Å². The third-order valence-electron chi connectivity index (χ3n) is 8.13. The van der Waals surface area contributed by atoms with Crippen LogP contribution < -0.4 is 5.32 Å². The van der Waals surface area contributed by atoms with Gasteiger partial charge in [-0.2, -0.15) is 0 Å². The molecule has 0 aliphatic carbocycles. The van der Waals surface area contributed by atoms with E-state index in [0.717, 1.165) is 44.3 Å². The second kappa shape index (κ2) is 15.5. The van der Waals surface area contributed by atoms with Crippen LogP contribution in [0, 0.1) is 0 Å². The van der Waals surface area contributed by atoms with Crippen LogP contribution in [0.2, 0.25) is 0 Å². The maximum absolute atomic E-state index is 13.2. The maximum Gasteiger partial charge on any atom is 0.412 e. The lowest BCUT2D eigenvalue weighted by Crippen LogP contribution is -2.46. The number of methoxy groups -OCH3 is 1. The van der Waals surface area contributed by atoms with Gasteiger partial charge in [0, 0.05) is 18.8 Å². The summed E-state index contributed by atoms with van der Waals surface area (Å²) in [7, 11) is 1.36. The normalized spacial score (nSPS) is 27.3. The SMILES string of the molecule is CCCCCCCOC[C@]12O[C@H](CN3CCCCCC3)[C@H](OC(=O)Nc3ccc(CC(=O)OC)cc3)[C@H]1OC(C)(C)O2. The number of ether oxygens (including phenoxy) is 6. The number of anilines is 1. The molecule has 4 atom stereocenters. The van der Waals surface area contributed by atoms with Crippen LogP contribution in [0.1, 0.15) is 84.1 Å². The Morgan fingerprint density at radius 1 is 1.00 bits per heavy atom.